The SMILES string of the molecule is CCOC(=O)N1C2CCC1C(C(=O)OC)C(c1ccc(I)cc1)C2. The van der Waals surface area contributed by atoms with E-state index in [-0.39, 0.29) is 36.0 Å². The Balaban J connectivity index is 1.93. The number of carbonyl (C=O) groups excluding carboxylic acids is 2. The summed E-state index contributed by atoms with van der Waals surface area (Å²) >= 11 is 2.27. The summed E-state index contributed by atoms with van der Waals surface area (Å²) in [5, 5.41) is 0. The van der Waals surface area contributed by atoms with Crippen LogP contribution in [0.25, 0.3) is 0 Å². The fourth-order valence-corrected chi connectivity index (χ4v) is 4.56. The Labute approximate surface area is 155 Å². The quantitative estimate of drug-likeness (QED) is 0.530. The zero-order valence-electron chi connectivity index (χ0n) is 13.9. The third kappa shape index (κ3) is 3.12. The van der Waals surface area contributed by atoms with Crippen LogP contribution < -0.4 is 0 Å². The van der Waals surface area contributed by atoms with Crippen LogP contribution in [0.2, 0.25) is 0 Å². The van der Waals surface area contributed by atoms with Gasteiger partial charge in [0.1, 0.15) is 0 Å². The molecule has 0 saturated carbocycles. The van der Waals surface area contributed by atoms with Gasteiger partial charge in [-0.15, -0.1) is 0 Å². The fraction of sp³-hybridized carbons (Fsp3) is 0.556. The van der Waals surface area contributed by atoms with Gasteiger partial charge in [-0.3, -0.25) is 4.79 Å². The minimum atomic E-state index is -0.335. The third-order valence-corrected chi connectivity index (χ3v) is 5.89. The molecule has 2 aliphatic heterocycles. The lowest BCUT2D eigenvalue weighted by molar-refractivity contribution is -0.150. The molecule has 0 spiro atoms. The molecule has 0 radical (unpaired) electrons. The zero-order valence-corrected chi connectivity index (χ0v) is 16.1. The van der Waals surface area contributed by atoms with Gasteiger partial charge < -0.3 is 14.4 Å². The van der Waals surface area contributed by atoms with E-state index in [0.717, 1.165) is 28.4 Å². The summed E-state index contributed by atoms with van der Waals surface area (Å²) in [6.45, 7) is 2.15. The van der Waals surface area contributed by atoms with Gasteiger partial charge in [-0.05, 0) is 66.5 Å². The number of nitrogens with zero attached hydrogens (tertiary/aromatic N) is 1. The average molecular weight is 443 g/mol. The van der Waals surface area contributed by atoms with Gasteiger partial charge in [0.2, 0.25) is 0 Å². The van der Waals surface area contributed by atoms with Crippen LogP contribution in [0, 0.1) is 9.49 Å². The Kier molecular flexibility index (Phi) is 5.32. The van der Waals surface area contributed by atoms with Gasteiger partial charge in [0, 0.05) is 21.6 Å². The van der Waals surface area contributed by atoms with E-state index >= 15 is 0 Å². The minimum absolute atomic E-state index is 0.0811. The summed E-state index contributed by atoms with van der Waals surface area (Å²) in [6, 6.07) is 8.29. The number of benzene rings is 1. The zero-order chi connectivity index (χ0) is 17.3. The second-order valence-corrected chi connectivity index (χ2v) is 7.59. The molecule has 0 aliphatic carbocycles. The van der Waals surface area contributed by atoms with E-state index < -0.39 is 0 Å². The van der Waals surface area contributed by atoms with Crippen LogP contribution in [0.15, 0.2) is 24.3 Å². The first-order valence-electron chi connectivity index (χ1n) is 8.35. The largest absolute Gasteiger partial charge is 0.469 e. The number of rotatable bonds is 3. The highest BCUT2D eigenvalue weighted by molar-refractivity contribution is 14.1. The summed E-state index contributed by atoms with van der Waals surface area (Å²) in [5.74, 6) is -0.492. The van der Waals surface area contributed by atoms with E-state index in [2.05, 4.69) is 46.9 Å². The van der Waals surface area contributed by atoms with Gasteiger partial charge in [0.25, 0.3) is 0 Å². The molecule has 0 aromatic heterocycles. The monoisotopic (exact) mass is 443 g/mol. The van der Waals surface area contributed by atoms with Crippen molar-refractivity contribution in [2.45, 2.75) is 44.2 Å². The second kappa shape index (κ2) is 7.29. The predicted octanol–water partition coefficient (Wildman–Crippen LogP) is 3.56. The summed E-state index contributed by atoms with van der Waals surface area (Å²) in [5.41, 5.74) is 1.14. The number of esters is 1. The Morgan fingerprint density at radius 3 is 2.58 bits per heavy atom. The van der Waals surface area contributed by atoms with Crippen molar-refractivity contribution in [3.05, 3.63) is 33.4 Å². The maximum absolute atomic E-state index is 12.5. The third-order valence-electron chi connectivity index (χ3n) is 5.17. The van der Waals surface area contributed by atoms with Crippen molar-refractivity contribution in [3.63, 3.8) is 0 Å². The first-order chi connectivity index (χ1) is 11.6. The molecule has 2 fully saturated rings. The molecule has 1 aromatic rings. The normalized spacial score (nSPS) is 28.5. The van der Waals surface area contributed by atoms with Crippen molar-refractivity contribution in [1.29, 1.82) is 0 Å². The highest BCUT2D eigenvalue weighted by Crippen LogP contribution is 2.47. The molecule has 0 N–H and O–H groups in total. The van der Waals surface area contributed by atoms with Crippen molar-refractivity contribution >= 4 is 34.7 Å². The number of amides is 1. The van der Waals surface area contributed by atoms with Crippen LogP contribution in [0.4, 0.5) is 4.79 Å². The highest BCUT2D eigenvalue weighted by Gasteiger charge is 2.53. The topological polar surface area (TPSA) is 55.8 Å². The van der Waals surface area contributed by atoms with Crippen molar-refractivity contribution < 1.29 is 19.1 Å². The second-order valence-electron chi connectivity index (χ2n) is 6.35. The van der Waals surface area contributed by atoms with Gasteiger partial charge in [-0.2, -0.15) is 0 Å². The maximum atomic E-state index is 12.5. The Morgan fingerprint density at radius 1 is 1.25 bits per heavy atom. The first kappa shape index (κ1) is 17.5. The lowest BCUT2D eigenvalue weighted by Gasteiger charge is -2.42. The van der Waals surface area contributed by atoms with Crippen LogP contribution in [0.5, 0.6) is 0 Å². The van der Waals surface area contributed by atoms with Crippen molar-refractivity contribution in [2.24, 2.45) is 5.92 Å². The number of carbonyl (C=O) groups is 2. The first-order valence-corrected chi connectivity index (χ1v) is 9.43. The minimum Gasteiger partial charge on any atom is -0.469 e. The Bertz CT molecular complexity index is 618. The smallest absolute Gasteiger partial charge is 0.410 e. The summed E-state index contributed by atoms with van der Waals surface area (Å²) in [4.78, 5) is 26.7. The van der Waals surface area contributed by atoms with E-state index in [1.54, 1.807) is 11.8 Å². The molecule has 24 heavy (non-hydrogen) atoms. The number of halogens is 1. The van der Waals surface area contributed by atoms with Crippen LogP contribution in [0.1, 0.15) is 37.7 Å². The molecule has 1 aromatic carbocycles. The molecule has 4 atom stereocenters. The van der Waals surface area contributed by atoms with Crippen LogP contribution in [-0.4, -0.2) is 42.8 Å². The molecule has 1 amide bonds. The molecule has 3 rings (SSSR count). The molecule has 2 aliphatic rings. The molecule has 2 heterocycles. The molecule has 4 unspecified atom stereocenters. The highest BCUT2D eigenvalue weighted by atomic mass is 127. The fourth-order valence-electron chi connectivity index (χ4n) is 4.20. The number of ether oxygens (including phenoxy) is 2. The molecule has 2 saturated heterocycles. The van der Waals surface area contributed by atoms with E-state index in [4.69, 9.17) is 9.47 Å². The van der Waals surface area contributed by atoms with Gasteiger partial charge in [0.05, 0.1) is 19.6 Å². The average Bonchev–Trinajstić information content (AvgIpc) is 2.89. The predicted molar refractivity (Wildman–Crippen MR) is 97.7 cm³/mol. The van der Waals surface area contributed by atoms with Crippen molar-refractivity contribution in [2.75, 3.05) is 13.7 Å². The molecular formula is C18H22INO4. The molecular weight excluding hydrogens is 421 g/mol. The lowest BCUT2D eigenvalue weighted by atomic mass is 9.76. The number of piperidine rings is 1. The number of hydrogen-bond donors (Lipinski definition) is 0. The lowest BCUT2D eigenvalue weighted by Crippen LogP contribution is -2.53. The number of methoxy groups -OCH3 is 1. The van der Waals surface area contributed by atoms with Crippen LogP contribution in [-0.2, 0) is 14.3 Å². The maximum Gasteiger partial charge on any atom is 0.410 e. The van der Waals surface area contributed by atoms with E-state index in [0.29, 0.717) is 6.61 Å². The van der Waals surface area contributed by atoms with Gasteiger partial charge >= 0.3 is 12.1 Å². The number of hydrogen-bond acceptors (Lipinski definition) is 4. The van der Waals surface area contributed by atoms with E-state index in [1.165, 1.54) is 7.11 Å². The molecule has 2 bridgehead atoms. The van der Waals surface area contributed by atoms with Crippen molar-refractivity contribution in [1.82, 2.24) is 4.90 Å². The summed E-state index contributed by atoms with van der Waals surface area (Å²) in [7, 11) is 1.42. The molecule has 130 valence electrons. The standard InChI is InChI=1S/C18H22INO4/c1-3-24-18(22)20-13-8-9-15(20)16(17(21)23-2)14(10-13)11-4-6-12(19)7-5-11/h4-7,13-16H,3,8-10H2,1-2H3. The van der Waals surface area contributed by atoms with Gasteiger partial charge in [0.15, 0.2) is 0 Å². The Morgan fingerprint density at radius 2 is 1.96 bits per heavy atom. The van der Waals surface area contributed by atoms with Crippen LogP contribution >= 0.6 is 22.6 Å². The Hall–Kier alpha value is -1.31. The van der Waals surface area contributed by atoms with Gasteiger partial charge in [-0.25, -0.2) is 4.79 Å². The van der Waals surface area contributed by atoms with Gasteiger partial charge in [-0.1, -0.05) is 12.1 Å². The van der Waals surface area contributed by atoms with Crippen LogP contribution in [0.3, 0.4) is 0 Å². The summed E-state index contributed by atoms with van der Waals surface area (Å²) in [6.07, 6.45) is 2.21. The van der Waals surface area contributed by atoms with Crippen molar-refractivity contribution in [3.8, 4) is 0 Å². The van der Waals surface area contributed by atoms with E-state index in [9.17, 15) is 9.59 Å². The summed E-state index contributed by atoms with van der Waals surface area (Å²) < 4.78 is 11.5. The molecule has 6 heteroatoms. The molecule has 5 nitrogen and oxygen atoms in total. The number of fused-ring (bicyclic) bond motifs is 2. The van der Waals surface area contributed by atoms with E-state index in [1.807, 2.05) is 0 Å².